The van der Waals surface area contributed by atoms with Gasteiger partial charge in [0.25, 0.3) is 0 Å². The Morgan fingerprint density at radius 1 is 0.914 bits per heavy atom. The number of anilines is 1. The van der Waals surface area contributed by atoms with Crippen molar-refractivity contribution in [1.29, 1.82) is 0 Å². The van der Waals surface area contributed by atoms with E-state index >= 15 is 0 Å². The van der Waals surface area contributed by atoms with Crippen LogP contribution in [-0.2, 0) is 14.4 Å². The number of rotatable bonds is 8. The van der Waals surface area contributed by atoms with Gasteiger partial charge < -0.3 is 9.80 Å². The summed E-state index contributed by atoms with van der Waals surface area (Å²) >= 11 is 5.96. The van der Waals surface area contributed by atoms with Crippen molar-refractivity contribution in [3.8, 4) is 0 Å². The highest BCUT2D eigenvalue weighted by atomic mass is 35.5. The highest BCUT2D eigenvalue weighted by molar-refractivity contribution is 6.30. The summed E-state index contributed by atoms with van der Waals surface area (Å²) in [6, 6.07) is 26.2. The molecule has 0 aromatic heterocycles. The van der Waals surface area contributed by atoms with E-state index in [1.54, 1.807) is 34.1 Å². The minimum atomic E-state index is -0.512. The Kier molecular flexibility index (Phi) is 7.83. The molecule has 0 bridgehead atoms. The van der Waals surface area contributed by atoms with Gasteiger partial charge in [-0.25, -0.2) is 0 Å². The SMILES string of the molecule is CCCN(CC(=O)N1CC(=O)N(c2ccc(Cl)cc2)C1)C(=O)C(c1ccccc1)c1ccccc1. The van der Waals surface area contributed by atoms with Crippen LogP contribution in [0.1, 0.15) is 30.4 Å². The van der Waals surface area contributed by atoms with Crippen molar-refractivity contribution >= 4 is 35.0 Å². The summed E-state index contributed by atoms with van der Waals surface area (Å²) in [5.41, 5.74) is 2.44. The zero-order valence-electron chi connectivity index (χ0n) is 19.6. The number of carbonyl (C=O) groups excluding carboxylic acids is 3. The van der Waals surface area contributed by atoms with E-state index in [9.17, 15) is 14.4 Å². The molecule has 3 aromatic carbocycles. The number of benzene rings is 3. The monoisotopic (exact) mass is 489 g/mol. The molecule has 3 amide bonds. The van der Waals surface area contributed by atoms with Gasteiger partial charge in [-0.3, -0.25) is 19.3 Å². The maximum atomic E-state index is 13.8. The molecular formula is C28H28ClN3O3. The topological polar surface area (TPSA) is 60.9 Å². The van der Waals surface area contributed by atoms with Gasteiger partial charge in [-0.1, -0.05) is 79.2 Å². The Balaban J connectivity index is 1.53. The molecule has 6 nitrogen and oxygen atoms in total. The maximum Gasteiger partial charge on any atom is 0.248 e. The molecule has 0 aliphatic carbocycles. The summed E-state index contributed by atoms with van der Waals surface area (Å²) in [6.07, 6.45) is 0.713. The van der Waals surface area contributed by atoms with Gasteiger partial charge in [-0.15, -0.1) is 0 Å². The quantitative estimate of drug-likeness (QED) is 0.466. The fourth-order valence-corrected chi connectivity index (χ4v) is 4.44. The van der Waals surface area contributed by atoms with Crippen LogP contribution in [-0.4, -0.2) is 53.8 Å². The lowest BCUT2D eigenvalue weighted by Gasteiger charge is -2.29. The van der Waals surface area contributed by atoms with Crippen LogP contribution in [0.4, 0.5) is 5.69 Å². The molecular weight excluding hydrogens is 462 g/mol. The second-order valence-corrected chi connectivity index (χ2v) is 8.98. The van der Waals surface area contributed by atoms with E-state index in [1.807, 2.05) is 67.6 Å². The lowest BCUT2D eigenvalue weighted by molar-refractivity contribution is -0.140. The third kappa shape index (κ3) is 5.72. The molecule has 0 N–H and O–H groups in total. The summed E-state index contributed by atoms with van der Waals surface area (Å²) in [7, 11) is 0. The summed E-state index contributed by atoms with van der Waals surface area (Å²) in [5.74, 6) is -1.06. The van der Waals surface area contributed by atoms with Crippen LogP contribution >= 0.6 is 11.6 Å². The number of nitrogens with zero attached hydrogens (tertiary/aromatic N) is 3. The summed E-state index contributed by atoms with van der Waals surface area (Å²) in [6.45, 7) is 2.48. The van der Waals surface area contributed by atoms with Gasteiger partial charge in [0.1, 0.15) is 13.2 Å². The lowest BCUT2D eigenvalue weighted by atomic mass is 9.90. The second-order valence-electron chi connectivity index (χ2n) is 8.55. The van der Waals surface area contributed by atoms with Gasteiger partial charge in [-0.2, -0.15) is 0 Å². The Labute approximate surface area is 210 Å². The smallest absolute Gasteiger partial charge is 0.248 e. The molecule has 1 fully saturated rings. The largest absolute Gasteiger partial charge is 0.333 e. The Morgan fingerprint density at radius 2 is 1.49 bits per heavy atom. The zero-order chi connectivity index (χ0) is 24.8. The molecule has 1 aliphatic rings. The standard InChI is InChI=1S/C28H28ClN3O3/c1-2-17-30(28(35)27(21-9-5-3-6-10-21)22-11-7-4-8-12-22)18-25(33)31-19-26(34)32(20-31)24-15-13-23(29)14-16-24/h3-16,27H,2,17-20H2,1H3. The van der Waals surface area contributed by atoms with E-state index in [4.69, 9.17) is 11.6 Å². The average Bonchev–Trinajstić information content (AvgIpc) is 3.27. The van der Waals surface area contributed by atoms with Crippen LogP contribution < -0.4 is 4.90 Å². The van der Waals surface area contributed by atoms with Gasteiger partial charge in [0, 0.05) is 17.3 Å². The highest BCUT2D eigenvalue weighted by Crippen LogP contribution is 2.27. The maximum absolute atomic E-state index is 13.8. The summed E-state index contributed by atoms with van der Waals surface area (Å²) in [4.78, 5) is 44.3. The minimum absolute atomic E-state index is 0.0174. The third-order valence-electron chi connectivity index (χ3n) is 6.07. The Morgan fingerprint density at radius 3 is 2.03 bits per heavy atom. The van der Waals surface area contributed by atoms with E-state index in [1.165, 1.54) is 4.90 Å². The van der Waals surface area contributed by atoms with Crippen molar-refractivity contribution in [3.63, 3.8) is 0 Å². The molecule has 0 saturated carbocycles. The summed E-state index contributed by atoms with van der Waals surface area (Å²) < 4.78 is 0. The molecule has 35 heavy (non-hydrogen) atoms. The third-order valence-corrected chi connectivity index (χ3v) is 6.33. The molecule has 0 spiro atoms. The number of hydrogen-bond donors (Lipinski definition) is 0. The highest BCUT2D eigenvalue weighted by Gasteiger charge is 2.34. The fourth-order valence-electron chi connectivity index (χ4n) is 4.31. The first-order valence-electron chi connectivity index (χ1n) is 11.7. The lowest BCUT2D eigenvalue weighted by Crippen LogP contribution is -2.44. The second kappa shape index (κ2) is 11.2. The van der Waals surface area contributed by atoms with E-state index in [0.29, 0.717) is 23.7 Å². The van der Waals surface area contributed by atoms with Crippen molar-refractivity contribution in [2.75, 3.05) is 31.2 Å². The molecule has 7 heteroatoms. The van der Waals surface area contributed by atoms with E-state index < -0.39 is 5.92 Å². The minimum Gasteiger partial charge on any atom is -0.333 e. The van der Waals surface area contributed by atoms with Crippen molar-refractivity contribution in [1.82, 2.24) is 9.80 Å². The number of carbonyl (C=O) groups is 3. The van der Waals surface area contributed by atoms with Crippen LogP contribution in [0.25, 0.3) is 0 Å². The van der Waals surface area contributed by atoms with Crippen LogP contribution in [0.2, 0.25) is 5.02 Å². The fraction of sp³-hybridized carbons (Fsp3) is 0.250. The predicted octanol–water partition coefficient (Wildman–Crippen LogP) is 4.54. The zero-order valence-corrected chi connectivity index (χ0v) is 20.4. The molecule has 1 aliphatic heterocycles. The van der Waals surface area contributed by atoms with E-state index in [0.717, 1.165) is 11.1 Å². The first-order chi connectivity index (χ1) is 17.0. The van der Waals surface area contributed by atoms with Gasteiger partial charge >= 0.3 is 0 Å². The molecule has 180 valence electrons. The first-order valence-corrected chi connectivity index (χ1v) is 12.1. The van der Waals surface area contributed by atoms with Crippen LogP contribution in [0, 0.1) is 0 Å². The van der Waals surface area contributed by atoms with E-state index in [2.05, 4.69) is 0 Å². The molecule has 0 radical (unpaired) electrons. The molecule has 1 saturated heterocycles. The van der Waals surface area contributed by atoms with Crippen LogP contribution in [0.15, 0.2) is 84.9 Å². The van der Waals surface area contributed by atoms with Crippen molar-refractivity contribution < 1.29 is 14.4 Å². The summed E-state index contributed by atoms with van der Waals surface area (Å²) in [5, 5.41) is 0.577. The molecule has 0 unspecified atom stereocenters. The van der Waals surface area contributed by atoms with Crippen molar-refractivity contribution in [2.24, 2.45) is 0 Å². The van der Waals surface area contributed by atoms with Crippen LogP contribution in [0.3, 0.4) is 0 Å². The Bertz CT molecular complexity index is 1130. The number of halogens is 1. The molecule has 3 aromatic rings. The van der Waals surface area contributed by atoms with Crippen molar-refractivity contribution in [2.45, 2.75) is 19.3 Å². The molecule has 1 heterocycles. The Hall–Kier alpha value is -3.64. The number of amides is 3. The number of hydrogen-bond acceptors (Lipinski definition) is 3. The van der Waals surface area contributed by atoms with Gasteiger partial charge in [0.2, 0.25) is 17.7 Å². The van der Waals surface area contributed by atoms with Crippen molar-refractivity contribution in [3.05, 3.63) is 101 Å². The van der Waals surface area contributed by atoms with Crippen LogP contribution in [0.5, 0.6) is 0 Å². The predicted molar refractivity (Wildman–Crippen MR) is 137 cm³/mol. The van der Waals surface area contributed by atoms with Gasteiger partial charge in [-0.05, 0) is 41.8 Å². The normalized spacial score (nSPS) is 13.4. The first kappa shape index (κ1) is 24.5. The molecule has 0 atom stereocenters. The molecule has 4 rings (SSSR count). The van der Waals surface area contributed by atoms with Gasteiger partial charge in [0.05, 0.1) is 12.5 Å². The van der Waals surface area contributed by atoms with Gasteiger partial charge in [0.15, 0.2) is 0 Å². The average molecular weight is 490 g/mol. The van der Waals surface area contributed by atoms with E-state index in [-0.39, 0.29) is 37.5 Å².